The zero-order chi connectivity index (χ0) is 20.9. The molecule has 0 heterocycles. The van der Waals surface area contributed by atoms with Gasteiger partial charge in [0.2, 0.25) is 15.9 Å². The molecule has 6 nitrogen and oxygen atoms in total. The summed E-state index contributed by atoms with van der Waals surface area (Å²) in [5, 5.41) is 2.72. The normalized spacial score (nSPS) is 12.1. The van der Waals surface area contributed by atoms with Gasteiger partial charge in [-0.25, -0.2) is 13.1 Å². The van der Waals surface area contributed by atoms with E-state index in [0.29, 0.717) is 11.3 Å². The van der Waals surface area contributed by atoms with Gasteiger partial charge in [0.15, 0.2) is 0 Å². The SMILES string of the molecule is CC(C)C(=O)Nc1ccc(CNS(=O)(=O)c2ccc(OC(F)(F)F)cc2)cc1. The third-order valence-corrected chi connectivity index (χ3v) is 5.00. The van der Waals surface area contributed by atoms with E-state index in [1.165, 1.54) is 0 Å². The number of benzene rings is 2. The number of carbonyl (C=O) groups is 1. The number of sulfonamides is 1. The molecule has 0 aliphatic carbocycles. The number of nitrogens with one attached hydrogen (secondary N) is 2. The van der Waals surface area contributed by atoms with E-state index < -0.39 is 22.1 Å². The van der Waals surface area contributed by atoms with E-state index >= 15 is 0 Å². The Bertz CT molecular complexity index is 909. The molecule has 2 aromatic rings. The van der Waals surface area contributed by atoms with E-state index in [4.69, 9.17) is 0 Å². The molecular formula is C18H19F3N2O4S. The molecule has 2 rings (SSSR count). The third kappa shape index (κ3) is 6.54. The van der Waals surface area contributed by atoms with Crippen LogP contribution in [0, 0.1) is 5.92 Å². The van der Waals surface area contributed by atoms with Crippen LogP contribution in [0.2, 0.25) is 0 Å². The molecule has 0 spiro atoms. The maximum absolute atomic E-state index is 12.3. The molecule has 28 heavy (non-hydrogen) atoms. The summed E-state index contributed by atoms with van der Waals surface area (Å²) in [6.07, 6.45) is -4.85. The summed E-state index contributed by atoms with van der Waals surface area (Å²) in [5.74, 6) is -0.809. The summed E-state index contributed by atoms with van der Waals surface area (Å²) in [6.45, 7) is 3.50. The number of anilines is 1. The van der Waals surface area contributed by atoms with Gasteiger partial charge in [0.25, 0.3) is 0 Å². The quantitative estimate of drug-likeness (QED) is 0.722. The van der Waals surface area contributed by atoms with Crippen molar-refractivity contribution in [2.24, 2.45) is 5.92 Å². The Morgan fingerprint density at radius 2 is 1.61 bits per heavy atom. The van der Waals surface area contributed by atoms with Crippen molar-refractivity contribution in [3.05, 3.63) is 54.1 Å². The monoisotopic (exact) mass is 416 g/mol. The summed E-state index contributed by atoms with van der Waals surface area (Å²) < 4.78 is 67.0. The van der Waals surface area contributed by atoms with E-state index in [-0.39, 0.29) is 23.3 Å². The van der Waals surface area contributed by atoms with Gasteiger partial charge in [0.1, 0.15) is 5.75 Å². The molecule has 0 aromatic heterocycles. The summed E-state index contributed by atoms with van der Waals surface area (Å²) in [6, 6.07) is 10.5. The topological polar surface area (TPSA) is 84.5 Å². The molecule has 0 aliphatic heterocycles. The van der Waals surface area contributed by atoms with Crippen LogP contribution >= 0.6 is 0 Å². The molecule has 10 heteroatoms. The first kappa shape index (κ1) is 21.7. The standard InChI is InChI=1S/C18H19F3N2O4S/c1-12(2)17(24)23-14-5-3-13(4-6-14)11-22-28(25,26)16-9-7-15(8-10-16)27-18(19,20)21/h3-10,12,22H,11H2,1-2H3,(H,23,24). The second-order valence-corrected chi connectivity index (χ2v) is 7.95. The second-order valence-electron chi connectivity index (χ2n) is 6.18. The minimum Gasteiger partial charge on any atom is -0.406 e. The van der Waals surface area contributed by atoms with E-state index in [1.54, 1.807) is 38.1 Å². The molecule has 0 radical (unpaired) electrons. The minimum atomic E-state index is -4.85. The predicted molar refractivity (Wildman–Crippen MR) is 97.1 cm³/mol. The van der Waals surface area contributed by atoms with E-state index in [2.05, 4.69) is 14.8 Å². The van der Waals surface area contributed by atoms with Crippen LogP contribution in [0.5, 0.6) is 5.75 Å². The number of amides is 1. The fourth-order valence-electron chi connectivity index (χ4n) is 2.07. The van der Waals surface area contributed by atoms with Crippen LogP contribution in [-0.2, 0) is 21.4 Å². The lowest BCUT2D eigenvalue weighted by Gasteiger charge is -2.11. The van der Waals surface area contributed by atoms with Crippen LogP contribution in [0.1, 0.15) is 19.4 Å². The number of rotatable bonds is 7. The Morgan fingerprint density at radius 3 is 2.11 bits per heavy atom. The van der Waals surface area contributed by atoms with Crippen LogP contribution < -0.4 is 14.8 Å². The fraction of sp³-hybridized carbons (Fsp3) is 0.278. The molecule has 2 aromatic carbocycles. The Labute approximate surface area is 160 Å². The fourth-order valence-corrected chi connectivity index (χ4v) is 3.09. The summed E-state index contributed by atoms with van der Waals surface area (Å²) in [4.78, 5) is 11.4. The number of hydrogen-bond acceptors (Lipinski definition) is 4. The molecule has 1 amide bonds. The van der Waals surface area contributed by atoms with Crippen LogP contribution in [0.25, 0.3) is 0 Å². The van der Waals surface area contributed by atoms with Gasteiger partial charge in [-0.1, -0.05) is 26.0 Å². The van der Waals surface area contributed by atoms with E-state index in [0.717, 1.165) is 24.3 Å². The van der Waals surface area contributed by atoms with Gasteiger partial charge in [-0.3, -0.25) is 4.79 Å². The van der Waals surface area contributed by atoms with Crippen molar-refractivity contribution in [3.8, 4) is 5.75 Å². The average molecular weight is 416 g/mol. The highest BCUT2D eigenvalue weighted by Crippen LogP contribution is 2.24. The number of ether oxygens (including phenoxy) is 1. The molecule has 2 N–H and O–H groups in total. The van der Waals surface area contributed by atoms with Crippen molar-refractivity contribution < 1.29 is 31.1 Å². The van der Waals surface area contributed by atoms with Gasteiger partial charge in [-0.2, -0.15) is 0 Å². The molecule has 0 aliphatic rings. The van der Waals surface area contributed by atoms with E-state index in [1.807, 2.05) is 0 Å². The molecule has 152 valence electrons. The van der Waals surface area contributed by atoms with Crippen molar-refractivity contribution in [1.29, 1.82) is 0 Å². The lowest BCUT2D eigenvalue weighted by atomic mass is 10.2. The van der Waals surface area contributed by atoms with Gasteiger partial charge in [0, 0.05) is 18.2 Å². The second kappa shape index (κ2) is 8.61. The molecule has 0 saturated heterocycles. The first-order chi connectivity index (χ1) is 13.0. The Kier molecular flexibility index (Phi) is 6.68. The van der Waals surface area contributed by atoms with Gasteiger partial charge in [0.05, 0.1) is 4.90 Å². The first-order valence-electron chi connectivity index (χ1n) is 8.21. The minimum absolute atomic E-state index is 0.0262. The van der Waals surface area contributed by atoms with Crippen molar-refractivity contribution in [2.75, 3.05) is 5.32 Å². The highest BCUT2D eigenvalue weighted by atomic mass is 32.2. The summed E-state index contributed by atoms with van der Waals surface area (Å²) in [5.41, 5.74) is 1.23. The smallest absolute Gasteiger partial charge is 0.406 e. The van der Waals surface area contributed by atoms with Crippen molar-refractivity contribution >= 4 is 21.6 Å². The molecule has 0 fully saturated rings. The molecule has 0 atom stereocenters. The Hall–Kier alpha value is -2.59. The zero-order valence-electron chi connectivity index (χ0n) is 15.1. The Morgan fingerprint density at radius 1 is 1.04 bits per heavy atom. The maximum atomic E-state index is 12.3. The van der Waals surface area contributed by atoms with Crippen molar-refractivity contribution in [2.45, 2.75) is 31.7 Å². The molecular weight excluding hydrogens is 397 g/mol. The van der Waals surface area contributed by atoms with E-state index in [9.17, 15) is 26.4 Å². The van der Waals surface area contributed by atoms with Gasteiger partial charge >= 0.3 is 6.36 Å². The Balaban J connectivity index is 1.98. The molecule has 0 bridgehead atoms. The van der Waals surface area contributed by atoms with Crippen molar-refractivity contribution in [1.82, 2.24) is 4.72 Å². The van der Waals surface area contributed by atoms with Crippen LogP contribution in [0.4, 0.5) is 18.9 Å². The molecule has 0 saturated carbocycles. The number of hydrogen-bond donors (Lipinski definition) is 2. The average Bonchev–Trinajstić information content (AvgIpc) is 2.60. The van der Waals surface area contributed by atoms with Crippen molar-refractivity contribution in [3.63, 3.8) is 0 Å². The largest absolute Gasteiger partial charge is 0.573 e. The first-order valence-corrected chi connectivity index (χ1v) is 9.70. The third-order valence-electron chi connectivity index (χ3n) is 3.58. The highest BCUT2D eigenvalue weighted by Gasteiger charge is 2.31. The highest BCUT2D eigenvalue weighted by molar-refractivity contribution is 7.89. The van der Waals surface area contributed by atoms with Gasteiger partial charge < -0.3 is 10.1 Å². The van der Waals surface area contributed by atoms with Crippen LogP contribution in [-0.4, -0.2) is 20.7 Å². The van der Waals surface area contributed by atoms with Gasteiger partial charge in [-0.15, -0.1) is 13.2 Å². The predicted octanol–water partition coefficient (Wildman–Crippen LogP) is 3.66. The lowest BCUT2D eigenvalue weighted by Crippen LogP contribution is -2.23. The zero-order valence-corrected chi connectivity index (χ0v) is 15.9. The lowest BCUT2D eigenvalue weighted by molar-refractivity contribution is -0.274. The number of halogens is 3. The van der Waals surface area contributed by atoms with Gasteiger partial charge in [-0.05, 0) is 42.0 Å². The number of carbonyl (C=O) groups excluding carboxylic acids is 1. The summed E-state index contributed by atoms with van der Waals surface area (Å²) in [7, 11) is -3.92. The van der Waals surface area contributed by atoms with Crippen LogP contribution in [0.3, 0.4) is 0 Å². The number of alkyl halides is 3. The summed E-state index contributed by atoms with van der Waals surface area (Å²) >= 11 is 0. The van der Waals surface area contributed by atoms with Crippen LogP contribution in [0.15, 0.2) is 53.4 Å². The maximum Gasteiger partial charge on any atom is 0.573 e. The molecule has 0 unspecified atom stereocenters.